The van der Waals surface area contributed by atoms with Gasteiger partial charge in [-0.3, -0.25) is 5.32 Å². The number of amidine groups is 1. The molecule has 4 aliphatic rings. The molecular formula is C52H40N4OS. The molecule has 8 aromatic rings. The normalized spacial score (nSPS) is 21.3. The number of para-hydroxylation sites is 2. The monoisotopic (exact) mass is 768 g/mol. The molecule has 0 bridgehead atoms. The van der Waals surface area contributed by atoms with Gasteiger partial charge in [0.2, 0.25) is 0 Å². The van der Waals surface area contributed by atoms with E-state index in [9.17, 15) is 0 Å². The first-order chi connectivity index (χ1) is 28.7. The summed E-state index contributed by atoms with van der Waals surface area (Å²) < 4.78 is 11.8. The lowest BCUT2D eigenvalue weighted by atomic mass is 9.83. The second-order valence-electron chi connectivity index (χ2n) is 15.8. The van der Waals surface area contributed by atoms with Gasteiger partial charge in [-0.1, -0.05) is 128 Å². The maximum Gasteiger partial charge on any atom is 0.131 e. The fraction of sp³-hybridized carbons (Fsp3) is 0.135. The number of hydrogen-bond acceptors (Lipinski definition) is 5. The van der Waals surface area contributed by atoms with Crippen LogP contribution < -0.4 is 15.4 Å². The van der Waals surface area contributed by atoms with Crippen LogP contribution in [0.4, 0.5) is 0 Å². The van der Waals surface area contributed by atoms with Crippen molar-refractivity contribution in [1.82, 2.24) is 15.2 Å². The van der Waals surface area contributed by atoms with E-state index in [1.807, 2.05) is 11.3 Å². The van der Waals surface area contributed by atoms with E-state index < -0.39 is 0 Å². The molecule has 2 N–H and O–H groups in total. The molecule has 4 atom stereocenters. The highest BCUT2D eigenvalue weighted by molar-refractivity contribution is 7.26. The summed E-state index contributed by atoms with van der Waals surface area (Å²) in [5.41, 5.74) is 12.0. The molecule has 0 amide bonds. The fourth-order valence-corrected chi connectivity index (χ4v) is 10.7. The third-order valence-electron chi connectivity index (χ3n) is 12.4. The first-order valence-electron chi connectivity index (χ1n) is 20.4. The van der Waals surface area contributed by atoms with E-state index in [2.05, 4.69) is 186 Å². The fourth-order valence-electron chi connectivity index (χ4n) is 9.58. The van der Waals surface area contributed by atoms with Crippen LogP contribution in [0.2, 0.25) is 0 Å². The molecule has 0 radical (unpaired) electrons. The van der Waals surface area contributed by atoms with Crippen molar-refractivity contribution < 1.29 is 4.74 Å². The maximum atomic E-state index is 6.79. The van der Waals surface area contributed by atoms with Crippen LogP contribution >= 0.6 is 11.3 Å². The molecule has 58 heavy (non-hydrogen) atoms. The van der Waals surface area contributed by atoms with Crippen molar-refractivity contribution >= 4 is 64.7 Å². The number of nitrogens with one attached hydrogen (secondary N) is 2. The zero-order chi connectivity index (χ0) is 38.3. The standard InChI is InChI=1S/C52H40N4OS/c1-31-23-26-39(52-54-50(32-13-4-2-5-14-32)53-51(55-52)33-15-6-3-7-16-33)47-40-29-34(25-28-44(40)57-49(31)47)35-24-27-38-46(30-35)58-45-22-12-21-43(48(38)45)56-41-19-10-8-17-36(41)37-18-9-11-20-42(37)56/h2,4-6,8-31,49-50,52,54H,3,7H2,1H3,(H,53,55). The molecule has 0 spiro atoms. The van der Waals surface area contributed by atoms with Crippen molar-refractivity contribution in [2.24, 2.45) is 10.9 Å². The van der Waals surface area contributed by atoms with Crippen LogP contribution in [0.5, 0.6) is 5.75 Å². The number of benzene rings is 6. The van der Waals surface area contributed by atoms with Crippen LogP contribution in [0, 0.1) is 5.92 Å². The van der Waals surface area contributed by atoms with Gasteiger partial charge >= 0.3 is 0 Å². The minimum Gasteiger partial charge on any atom is -0.484 e. The van der Waals surface area contributed by atoms with Gasteiger partial charge in [-0.05, 0) is 77.6 Å². The number of hydrogen-bond donors (Lipinski definition) is 2. The first kappa shape index (κ1) is 33.6. The molecule has 6 heteroatoms. The van der Waals surface area contributed by atoms with Crippen LogP contribution in [0.1, 0.15) is 37.1 Å². The number of aromatic nitrogens is 1. The topological polar surface area (TPSA) is 50.6 Å². The van der Waals surface area contributed by atoms with E-state index >= 15 is 0 Å². The van der Waals surface area contributed by atoms with Crippen molar-refractivity contribution in [3.05, 3.63) is 186 Å². The highest BCUT2D eigenvalue weighted by atomic mass is 32.1. The number of allylic oxidation sites excluding steroid dienone is 2. The van der Waals surface area contributed by atoms with Crippen molar-refractivity contribution in [3.8, 4) is 22.6 Å². The van der Waals surface area contributed by atoms with E-state index in [1.54, 1.807) is 0 Å². The summed E-state index contributed by atoms with van der Waals surface area (Å²) in [6.07, 6.45) is 13.0. The molecule has 280 valence electrons. The lowest BCUT2D eigenvalue weighted by Crippen LogP contribution is -2.53. The minimum atomic E-state index is -0.186. The van der Waals surface area contributed by atoms with Crippen LogP contribution in [0.15, 0.2) is 180 Å². The molecule has 2 aliphatic carbocycles. The second kappa shape index (κ2) is 13.3. The highest BCUT2D eigenvalue weighted by Gasteiger charge is 2.39. The number of thiophene rings is 1. The third-order valence-corrected chi connectivity index (χ3v) is 13.5. The molecule has 0 saturated carbocycles. The highest BCUT2D eigenvalue weighted by Crippen LogP contribution is 2.48. The lowest BCUT2D eigenvalue weighted by Gasteiger charge is -2.36. The first-order valence-corrected chi connectivity index (χ1v) is 21.2. The smallest absolute Gasteiger partial charge is 0.131 e. The summed E-state index contributed by atoms with van der Waals surface area (Å²) in [5, 5.41) is 12.8. The van der Waals surface area contributed by atoms with Gasteiger partial charge in [0.25, 0.3) is 0 Å². The number of rotatable bonds is 5. The van der Waals surface area contributed by atoms with Gasteiger partial charge in [0.05, 0.1) is 16.7 Å². The molecule has 12 rings (SSSR count). The van der Waals surface area contributed by atoms with Crippen LogP contribution in [-0.4, -0.2) is 22.7 Å². The molecule has 6 aromatic carbocycles. The van der Waals surface area contributed by atoms with Gasteiger partial charge in [0.15, 0.2) is 0 Å². The Labute approximate surface area is 341 Å². The van der Waals surface area contributed by atoms with Gasteiger partial charge in [-0.2, -0.15) is 0 Å². The predicted molar refractivity (Wildman–Crippen MR) is 242 cm³/mol. The predicted octanol–water partition coefficient (Wildman–Crippen LogP) is 12.4. The van der Waals surface area contributed by atoms with Crippen molar-refractivity contribution in [2.75, 3.05) is 0 Å². The second-order valence-corrected chi connectivity index (χ2v) is 16.9. The van der Waals surface area contributed by atoms with Gasteiger partial charge in [0, 0.05) is 53.6 Å². The van der Waals surface area contributed by atoms with Crippen LogP contribution in [0.3, 0.4) is 0 Å². The Balaban J connectivity index is 0.958. The molecule has 0 fully saturated rings. The lowest BCUT2D eigenvalue weighted by molar-refractivity contribution is 0.233. The Bertz CT molecular complexity index is 3090. The molecule has 2 aromatic heterocycles. The molecule has 2 aliphatic heterocycles. The summed E-state index contributed by atoms with van der Waals surface area (Å²) in [6.45, 7) is 2.26. The summed E-state index contributed by atoms with van der Waals surface area (Å²) >= 11 is 1.87. The SMILES string of the molecule is CC1C=CC(C2NC(C3=CCCC=C3)=NC(c3ccccc3)N2)=C2c3cc(-c4ccc5c(c4)sc4cccc(-n6c7ccccc7c7ccccc76)c45)ccc3OC21. The quantitative estimate of drug-likeness (QED) is 0.183. The summed E-state index contributed by atoms with van der Waals surface area (Å²) in [5.74, 6) is 2.10. The number of nitrogens with zero attached hydrogens (tertiary/aromatic N) is 2. The average molecular weight is 769 g/mol. The van der Waals surface area contributed by atoms with Gasteiger partial charge < -0.3 is 14.6 Å². The van der Waals surface area contributed by atoms with E-state index in [4.69, 9.17) is 9.73 Å². The van der Waals surface area contributed by atoms with Gasteiger partial charge in [-0.25, -0.2) is 4.99 Å². The molecule has 4 unspecified atom stereocenters. The molecule has 4 heterocycles. The summed E-state index contributed by atoms with van der Waals surface area (Å²) in [4.78, 5) is 5.20. The summed E-state index contributed by atoms with van der Waals surface area (Å²) in [7, 11) is 0. The van der Waals surface area contributed by atoms with E-state index in [0.717, 1.165) is 35.6 Å². The van der Waals surface area contributed by atoms with Crippen molar-refractivity contribution in [3.63, 3.8) is 0 Å². The van der Waals surface area contributed by atoms with E-state index in [0.29, 0.717) is 0 Å². The van der Waals surface area contributed by atoms with Gasteiger partial charge in [0.1, 0.15) is 30.0 Å². The van der Waals surface area contributed by atoms with Crippen LogP contribution in [0.25, 0.3) is 64.4 Å². The Morgan fingerprint density at radius 3 is 2.31 bits per heavy atom. The number of fused-ring (bicyclic) bond motifs is 9. The average Bonchev–Trinajstić information content (AvgIpc) is 3.97. The minimum absolute atomic E-state index is 0.0653. The van der Waals surface area contributed by atoms with E-state index in [1.165, 1.54) is 75.5 Å². The van der Waals surface area contributed by atoms with Crippen molar-refractivity contribution in [2.45, 2.75) is 38.2 Å². The van der Waals surface area contributed by atoms with Crippen LogP contribution in [-0.2, 0) is 0 Å². The molecule has 5 nitrogen and oxygen atoms in total. The van der Waals surface area contributed by atoms with E-state index in [-0.39, 0.29) is 24.4 Å². The summed E-state index contributed by atoms with van der Waals surface area (Å²) in [6, 6.07) is 48.6. The number of ether oxygens (including phenoxy) is 1. The Hall–Kier alpha value is -6.47. The Kier molecular flexibility index (Phi) is 7.72. The Morgan fingerprint density at radius 1 is 0.724 bits per heavy atom. The zero-order valence-electron chi connectivity index (χ0n) is 32.0. The molecular weight excluding hydrogens is 729 g/mol. The zero-order valence-corrected chi connectivity index (χ0v) is 32.8. The molecule has 0 saturated heterocycles. The Morgan fingerprint density at radius 2 is 1.50 bits per heavy atom. The number of aliphatic imine (C=N–C) groups is 1. The third kappa shape index (κ3) is 5.29. The maximum absolute atomic E-state index is 6.79. The van der Waals surface area contributed by atoms with Crippen molar-refractivity contribution in [1.29, 1.82) is 0 Å². The largest absolute Gasteiger partial charge is 0.484 e. The van der Waals surface area contributed by atoms with Gasteiger partial charge in [-0.15, -0.1) is 11.3 Å².